The monoisotopic (exact) mass is 303 g/mol. The van der Waals surface area contributed by atoms with Crippen molar-refractivity contribution in [3.63, 3.8) is 0 Å². The van der Waals surface area contributed by atoms with E-state index in [1.807, 2.05) is 5.38 Å². The topological polar surface area (TPSA) is 71.0 Å². The Bertz CT molecular complexity index is 619. The highest BCUT2D eigenvalue weighted by Gasteiger charge is 2.14. The van der Waals surface area contributed by atoms with Gasteiger partial charge in [-0.2, -0.15) is 0 Å². The van der Waals surface area contributed by atoms with Crippen molar-refractivity contribution in [3.05, 3.63) is 17.8 Å². The van der Waals surface area contributed by atoms with Gasteiger partial charge in [-0.3, -0.25) is 4.79 Å². The average Bonchev–Trinajstić information content (AvgIpc) is 2.96. The summed E-state index contributed by atoms with van der Waals surface area (Å²) in [6.07, 6.45) is 7.29. The maximum absolute atomic E-state index is 11.0. The molecule has 110 valence electrons. The normalized spacial score (nSPS) is 15.0. The minimum atomic E-state index is -0.118. The number of hydrogen-bond acceptors (Lipinski definition) is 6. The van der Waals surface area contributed by atoms with Crippen molar-refractivity contribution in [2.45, 2.75) is 26.2 Å². The van der Waals surface area contributed by atoms with Crippen LogP contribution in [0.15, 0.2) is 17.8 Å². The largest absolute Gasteiger partial charge is 0.341 e. The highest BCUT2D eigenvalue weighted by molar-refractivity contribution is 7.14. The Labute approximate surface area is 127 Å². The van der Waals surface area contributed by atoms with Crippen LogP contribution in [0.2, 0.25) is 0 Å². The van der Waals surface area contributed by atoms with Crippen molar-refractivity contribution in [1.29, 1.82) is 0 Å². The molecule has 6 nitrogen and oxygen atoms in total. The van der Waals surface area contributed by atoms with Crippen LogP contribution in [0.3, 0.4) is 0 Å². The third-order valence-corrected chi connectivity index (χ3v) is 4.12. The summed E-state index contributed by atoms with van der Waals surface area (Å²) < 4.78 is 0. The summed E-state index contributed by atoms with van der Waals surface area (Å²) in [4.78, 5) is 26.5. The highest BCUT2D eigenvalue weighted by atomic mass is 32.1. The molecule has 2 aromatic heterocycles. The molecule has 1 aliphatic rings. The molecule has 1 N–H and O–H groups in total. The van der Waals surface area contributed by atoms with Crippen LogP contribution in [-0.2, 0) is 4.79 Å². The number of aromatic nitrogens is 3. The molecule has 1 amide bonds. The van der Waals surface area contributed by atoms with Crippen molar-refractivity contribution >= 4 is 28.3 Å². The fraction of sp³-hybridized carbons (Fsp3) is 0.429. The molecule has 0 saturated carbocycles. The molecule has 1 saturated heterocycles. The molecule has 3 heterocycles. The molecule has 0 bridgehead atoms. The van der Waals surface area contributed by atoms with Gasteiger partial charge in [0.1, 0.15) is 0 Å². The van der Waals surface area contributed by atoms with Gasteiger partial charge in [0.15, 0.2) is 5.13 Å². The van der Waals surface area contributed by atoms with Crippen molar-refractivity contribution < 1.29 is 4.79 Å². The first-order valence-corrected chi connectivity index (χ1v) is 7.91. The summed E-state index contributed by atoms with van der Waals surface area (Å²) in [5, 5.41) is 5.17. The van der Waals surface area contributed by atoms with E-state index >= 15 is 0 Å². The van der Waals surface area contributed by atoms with E-state index in [1.165, 1.54) is 37.5 Å². The Morgan fingerprint density at radius 2 is 1.95 bits per heavy atom. The molecule has 1 aliphatic heterocycles. The zero-order valence-corrected chi connectivity index (χ0v) is 12.7. The molecule has 0 aromatic carbocycles. The van der Waals surface area contributed by atoms with Crippen LogP contribution < -0.4 is 10.2 Å². The second-order valence-electron chi connectivity index (χ2n) is 5.04. The number of hydrogen-bond donors (Lipinski definition) is 1. The van der Waals surface area contributed by atoms with Gasteiger partial charge in [-0.1, -0.05) is 0 Å². The zero-order valence-electron chi connectivity index (χ0n) is 11.9. The van der Waals surface area contributed by atoms with Crippen LogP contribution >= 0.6 is 11.3 Å². The summed E-state index contributed by atoms with van der Waals surface area (Å²) in [6.45, 7) is 3.53. The molecular formula is C14H17N5OS. The van der Waals surface area contributed by atoms with E-state index in [9.17, 15) is 4.79 Å². The zero-order chi connectivity index (χ0) is 14.7. The summed E-state index contributed by atoms with van der Waals surface area (Å²) in [5.41, 5.74) is 1.65. The third-order valence-electron chi connectivity index (χ3n) is 3.36. The number of nitrogens with one attached hydrogen (secondary N) is 1. The van der Waals surface area contributed by atoms with Gasteiger partial charge in [-0.15, -0.1) is 11.3 Å². The lowest BCUT2D eigenvalue weighted by molar-refractivity contribution is -0.114. The number of rotatable bonds is 3. The van der Waals surface area contributed by atoms with E-state index in [1.54, 1.807) is 12.4 Å². The fourth-order valence-corrected chi connectivity index (χ4v) is 3.09. The van der Waals surface area contributed by atoms with E-state index < -0.39 is 0 Å². The van der Waals surface area contributed by atoms with Gasteiger partial charge in [0.05, 0.1) is 5.69 Å². The number of thiazole rings is 1. The predicted octanol–water partition coefficient (Wildman–Crippen LogP) is 2.55. The maximum atomic E-state index is 11.0. The fourth-order valence-electron chi connectivity index (χ4n) is 2.33. The number of amides is 1. The first-order valence-electron chi connectivity index (χ1n) is 7.03. The van der Waals surface area contributed by atoms with Gasteiger partial charge in [0.25, 0.3) is 0 Å². The van der Waals surface area contributed by atoms with Crippen LogP contribution in [0.4, 0.5) is 11.1 Å². The van der Waals surface area contributed by atoms with Crippen LogP contribution in [0.25, 0.3) is 11.3 Å². The molecule has 21 heavy (non-hydrogen) atoms. The van der Waals surface area contributed by atoms with Gasteiger partial charge < -0.3 is 10.2 Å². The van der Waals surface area contributed by atoms with Gasteiger partial charge >= 0.3 is 0 Å². The summed E-state index contributed by atoms with van der Waals surface area (Å²) in [7, 11) is 0. The Balaban J connectivity index is 1.74. The van der Waals surface area contributed by atoms with Gasteiger partial charge in [0.2, 0.25) is 11.9 Å². The highest BCUT2D eigenvalue weighted by Crippen LogP contribution is 2.25. The number of carbonyl (C=O) groups excluding carboxylic acids is 1. The molecule has 0 radical (unpaired) electrons. The van der Waals surface area contributed by atoms with E-state index in [2.05, 4.69) is 25.2 Å². The minimum Gasteiger partial charge on any atom is -0.341 e. The Morgan fingerprint density at radius 3 is 2.62 bits per heavy atom. The molecule has 1 fully saturated rings. The first kappa shape index (κ1) is 13.9. The van der Waals surface area contributed by atoms with Crippen molar-refractivity contribution in [1.82, 2.24) is 15.0 Å². The number of anilines is 2. The van der Waals surface area contributed by atoms with E-state index in [-0.39, 0.29) is 5.91 Å². The van der Waals surface area contributed by atoms with Gasteiger partial charge in [0, 0.05) is 43.4 Å². The molecule has 0 aliphatic carbocycles. The molecule has 7 heteroatoms. The average molecular weight is 303 g/mol. The summed E-state index contributed by atoms with van der Waals surface area (Å²) in [6, 6.07) is 0. The van der Waals surface area contributed by atoms with Crippen LogP contribution in [0.1, 0.15) is 26.2 Å². The minimum absolute atomic E-state index is 0.118. The lowest BCUT2D eigenvalue weighted by Gasteiger charge is -2.26. The summed E-state index contributed by atoms with van der Waals surface area (Å²) in [5.74, 6) is 0.670. The van der Waals surface area contributed by atoms with E-state index in [0.717, 1.165) is 30.3 Å². The lowest BCUT2D eigenvalue weighted by atomic mass is 10.1. The SMILES string of the molecule is CC(=O)Nc1nc(-c2cnc(N3CCCCC3)nc2)cs1. The van der Waals surface area contributed by atoms with E-state index in [4.69, 9.17) is 0 Å². The quantitative estimate of drug-likeness (QED) is 0.943. The van der Waals surface area contributed by atoms with Crippen molar-refractivity contribution in [2.24, 2.45) is 0 Å². The molecule has 0 spiro atoms. The molecule has 3 rings (SSSR count). The van der Waals surface area contributed by atoms with Crippen LogP contribution in [0, 0.1) is 0 Å². The van der Waals surface area contributed by atoms with Crippen molar-refractivity contribution in [2.75, 3.05) is 23.3 Å². The van der Waals surface area contributed by atoms with E-state index in [0.29, 0.717) is 5.13 Å². The summed E-state index contributed by atoms with van der Waals surface area (Å²) >= 11 is 1.40. The smallest absolute Gasteiger partial charge is 0.225 e. The standard InChI is InChI=1S/C14H17N5OS/c1-10(20)17-14-18-12(9-21-14)11-7-15-13(16-8-11)19-5-3-2-4-6-19/h7-9H,2-6H2,1H3,(H,17,18,20). The second-order valence-corrected chi connectivity index (χ2v) is 5.90. The van der Waals surface area contributed by atoms with Crippen molar-refractivity contribution in [3.8, 4) is 11.3 Å². The Hall–Kier alpha value is -2.02. The molecule has 0 atom stereocenters. The van der Waals surface area contributed by atoms with Gasteiger partial charge in [-0.05, 0) is 19.3 Å². The third kappa shape index (κ3) is 3.36. The first-order chi connectivity index (χ1) is 10.2. The predicted molar refractivity (Wildman–Crippen MR) is 83.5 cm³/mol. The maximum Gasteiger partial charge on any atom is 0.225 e. The number of carbonyl (C=O) groups is 1. The lowest BCUT2D eigenvalue weighted by Crippen LogP contribution is -2.30. The number of nitrogens with zero attached hydrogens (tertiary/aromatic N) is 4. The Kier molecular flexibility index (Phi) is 4.10. The molecular weight excluding hydrogens is 286 g/mol. The number of piperidine rings is 1. The molecule has 2 aromatic rings. The van der Waals surface area contributed by atoms with Crippen LogP contribution in [0.5, 0.6) is 0 Å². The molecule has 0 unspecified atom stereocenters. The Morgan fingerprint density at radius 1 is 1.24 bits per heavy atom. The van der Waals surface area contributed by atoms with Gasteiger partial charge in [-0.25, -0.2) is 15.0 Å². The van der Waals surface area contributed by atoms with Crippen LogP contribution in [-0.4, -0.2) is 33.9 Å². The second kappa shape index (κ2) is 6.17.